The van der Waals surface area contributed by atoms with Gasteiger partial charge in [-0.25, -0.2) is 0 Å². The van der Waals surface area contributed by atoms with Gasteiger partial charge in [0, 0.05) is 35.6 Å². The zero-order valence-corrected chi connectivity index (χ0v) is 21.2. The lowest BCUT2D eigenvalue weighted by atomic mass is 9.82. The van der Waals surface area contributed by atoms with Gasteiger partial charge in [0.2, 0.25) is 0 Å². The number of rotatable bonds is 8. The summed E-state index contributed by atoms with van der Waals surface area (Å²) in [6.45, 7) is 3.25. The molecule has 0 amide bonds. The van der Waals surface area contributed by atoms with E-state index in [0.717, 1.165) is 53.3 Å². The molecule has 4 nitrogen and oxygen atoms in total. The van der Waals surface area contributed by atoms with Crippen LogP contribution in [-0.2, 0) is 16.1 Å². The molecule has 1 aliphatic rings. The van der Waals surface area contributed by atoms with Crippen LogP contribution in [0.1, 0.15) is 60.5 Å². The first-order chi connectivity index (χ1) is 18.2. The number of carbonyl (C=O) groups is 2. The van der Waals surface area contributed by atoms with E-state index >= 15 is 0 Å². The predicted octanol–water partition coefficient (Wildman–Crippen LogP) is 7.74. The molecule has 186 valence electrons. The molecule has 4 aromatic rings. The Hall–Kier alpha value is -4.18. The third-order valence-electron chi connectivity index (χ3n) is 7.15. The van der Waals surface area contributed by atoms with Crippen LogP contribution < -0.4 is 0 Å². The second-order valence-corrected chi connectivity index (χ2v) is 9.42. The molecule has 1 aliphatic carbocycles. The zero-order valence-electron chi connectivity index (χ0n) is 21.2. The summed E-state index contributed by atoms with van der Waals surface area (Å²) in [6, 6.07) is 28.3. The summed E-state index contributed by atoms with van der Waals surface area (Å²) in [5.74, 6) is 0.357. The number of fused-ring (bicyclic) bond motifs is 1. The molecule has 1 aromatic heterocycles. The molecule has 1 heterocycles. The number of hydrogen-bond donors (Lipinski definition) is 0. The van der Waals surface area contributed by atoms with Crippen molar-refractivity contribution in [2.75, 3.05) is 0 Å². The summed E-state index contributed by atoms with van der Waals surface area (Å²) in [5.41, 5.74) is 6.40. The van der Waals surface area contributed by atoms with Gasteiger partial charge in [0.15, 0.2) is 5.78 Å². The Bertz CT molecular complexity index is 1480. The van der Waals surface area contributed by atoms with Crippen molar-refractivity contribution in [3.63, 3.8) is 0 Å². The molecule has 0 N–H and O–H groups in total. The van der Waals surface area contributed by atoms with Gasteiger partial charge in [0.25, 0.3) is 6.47 Å². The number of ketones is 1. The molecule has 0 spiro atoms. The Kier molecular flexibility index (Phi) is 7.46. The second-order valence-electron chi connectivity index (χ2n) is 9.42. The van der Waals surface area contributed by atoms with E-state index in [4.69, 9.17) is 4.74 Å². The molecular weight excluding hydrogens is 458 g/mol. The molecule has 0 unspecified atom stereocenters. The lowest BCUT2D eigenvalue weighted by molar-refractivity contribution is -0.125. The average Bonchev–Trinajstić information content (AvgIpc) is 3.29. The first kappa shape index (κ1) is 24.5. The van der Waals surface area contributed by atoms with Crippen molar-refractivity contribution in [2.24, 2.45) is 0 Å². The van der Waals surface area contributed by atoms with Crippen LogP contribution in [-0.4, -0.2) is 16.8 Å². The number of carbonyl (C=O) groups excluding carboxylic acids is 2. The highest BCUT2D eigenvalue weighted by molar-refractivity contribution is 6.24. The van der Waals surface area contributed by atoms with E-state index in [0.29, 0.717) is 36.3 Å². The van der Waals surface area contributed by atoms with Crippen molar-refractivity contribution in [1.82, 2.24) is 4.57 Å². The number of benzene rings is 3. The van der Waals surface area contributed by atoms with Crippen LogP contribution in [0.2, 0.25) is 0 Å². The Morgan fingerprint density at radius 2 is 1.57 bits per heavy atom. The minimum atomic E-state index is -0.105. The number of aromatic nitrogens is 1. The summed E-state index contributed by atoms with van der Waals surface area (Å²) >= 11 is 0. The van der Waals surface area contributed by atoms with Crippen molar-refractivity contribution in [2.45, 2.75) is 45.6 Å². The van der Waals surface area contributed by atoms with Crippen LogP contribution >= 0.6 is 0 Å². The molecule has 37 heavy (non-hydrogen) atoms. The van der Waals surface area contributed by atoms with Crippen LogP contribution in [0, 0.1) is 0 Å². The standard InChI is InChI=1S/C33H31NO3/c1-2-25-15-9-12-20-30(37-23-35)32(31(25)26-16-7-4-8-17-26)33(36)28-22-34(21-24-13-5-3-6-14-24)29-19-11-10-18-27(28)29/h3-8,10-11,13-14,16-19,22-23H,2,9,12,15,20-21H2,1H3/b31-25+,32-30-. The van der Waals surface area contributed by atoms with E-state index in [9.17, 15) is 9.59 Å². The van der Waals surface area contributed by atoms with Gasteiger partial charge in [0.1, 0.15) is 5.76 Å². The smallest absolute Gasteiger partial charge is 0.298 e. The van der Waals surface area contributed by atoms with Gasteiger partial charge >= 0.3 is 0 Å². The van der Waals surface area contributed by atoms with E-state index in [2.05, 4.69) is 29.7 Å². The summed E-state index contributed by atoms with van der Waals surface area (Å²) in [4.78, 5) is 26.2. The third-order valence-corrected chi connectivity index (χ3v) is 7.15. The molecule has 3 aromatic carbocycles. The van der Waals surface area contributed by atoms with E-state index in [1.165, 1.54) is 5.57 Å². The normalized spacial score (nSPS) is 18.3. The number of nitrogens with zero attached hydrogens (tertiary/aromatic N) is 1. The SMILES string of the molecule is CC/C1=C(c2ccccc2)\C(C(=O)c2cn(Cc3ccccc3)c3ccccc23)=C(\OC=O)CCCC1. The van der Waals surface area contributed by atoms with Crippen molar-refractivity contribution >= 4 is 28.7 Å². The Balaban J connectivity index is 1.72. The topological polar surface area (TPSA) is 48.3 Å². The van der Waals surface area contributed by atoms with Gasteiger partial charge in [-0.1, -0.05) is 91.4 Å². The molecule has 5 rings (SSSR count). The highest BCUT2D eigenvalue weighted by Gasteiger charge is 2.29. The Morgan fingerprint density at radius 1 is 0.892 bits per heavy atom. The summed E-state index contributed by atoms with van der Waals surface area (Å²) in [5, 5.41) is 0.897. The molecule has 0 atom stereocenters. The summed E-state index contributed by atoms with van der Waals surface area (Å²) in [6.07, 6.45) is 6.10. The van der Waals surface area contributed by atoms with Crippen LogP contribution in [0.4, 0.5) is 0 Å². The molecule has 4 heteroatoms. The minimum Gasteiger partial charge on any atom is -0.432 e. The van der Waals surface area contributed by atoms with Gasteiger partial charge in [-0.2, -0.15) is 0 Å². The predicted molar refractivity (Wildman–Crippen MR) is 148 cm³/mol. The second kappa shape index (κ2) is 11.3. The number of hydrogen-bond acceptors (Lipinski definition) is 3. The highest BCUT2D eigenvalue weighted by atomic mass is 16.5. The van der Waals surface area contributed by atoms with Gasteiger partial charge in [-0.3, -0.25) is 9.59 Å². The molecule has 0 aliphatic heterocycles. The molecular formula is C33H31NO3. The lowest BCUT2D eigenvalue weighted by Gasteiger charge is -2.23. The van der Waals surface area contributed by atoms with E-state index in [1.807, 2.05) is 72.9 Å². The molecule has 0 radical (unpaired) electrons. The van der Waals surface area contributed by atoms with Gasteiger partial charge in [-0.05, 0) is 48.4 Å². The van der Waals surface area contributed by atoms with Gasteiger partial charge in [0.05, 0.1) is 5.57 Å². The van der Waals surface area contributed by atoms with Crippen LogP contribution in [0.25, 0.3) is 16.5 Å². The highest BCUT2D eigenvalue weighted by Crippen LogP contribution is 2.39. The molecule has 0 fully saturated rings. The van der Waals surface area contributed by atoms with E-state index in [1.54, 1.807) is 0 Å². The van der Waals surface area contributed by atoms with Crippen molar-refractivity contribution in [3.8, 4) is 0 Å². The van der Waals surface area contributed by atoms with E-state index < -0.39 is 0 Å². The van der Waals surface area contributed by atoms with Crippen molar-refractivity contribution in [1.29, 1.82) is 0 Å². The minimum absolute atomic E-state index is 0.105. The number of para-hydroxylation sites is 1. The van der Waals surface area contributed by atoms with Gasteiger partial charge in [-0.15, -0.1) is 0 Å². The Labute approximate surface area is 217 Å². The average molecular weight is 490 g/mol. The first-order valence-corrected chi connectivity index (χ1v) is 13.0. The van der Waals surface area contributed by atoms with E-state index in [-0.39, 0.29) is 5.78 Å². The maximum atomic E-state index is 14.6. The molecule has 0 bridgehead atoms. The van der Waals surface area contributed by atoms with Crippen LogP contribution in [0.5, 0.6) is 0 Å². The number of allylic oxidation sites excluding steroid dienone is 4. The Morgan fingerprint density at radius 3 is 2.30 bits per heavy atom. The van der Waals surface area contributed by atoms with Crippen LogP contribution in [0.3, 0.4) is 0 Å². The largest absolute Gasteiger partial charge is 0.432 e. The fraction of sp³-hybridized carbons (Fsp3) is 0.212. The maximum Gasteiger partial charge on any atom is 0.298 e. The van der Waals surface area contributed by atoms with Crippen LogP contribution in [0.15, 0.2) is 108 Å². The fourth-order valence-corrected chi connectivity index (χ4v) is 5.39. The fourth-order valence-electron chi connectivity index (χ4n) is 5.39. The molecule has 0 saturated carbocycles. The first-order valence-electron chi connectivity index (χ1n) is 13.0. The lowest BCUT2D eigenvalue weighted by Crippen LogP contribution is -2.14. The summed E-state index contributed by atoms with van der Waals surface area (Å²) < 4.78 is 7.70. The van der Waals surface area contributed by atoms with Gasteiger partial charge < -0.3 is 9.30 Å². The number of ether oxygens (including phenoxy) is 1. The van der Waals surface area contributed by atoms with Crippen molar-refractivity contribution < 1.29 is 14.3 Å². The summed E-state index contributed by atoms with van der Waals surface area (Å²) in [7, 11) is 0. The number of Topliss-reactive ketones (excluding diaryl/α,β-unsaturated/α-hetero) is 1. The molecule has 0 saturated heterocycles. The monoisotopic (exact) mass is 489 g/mol. The van der Waals surface area contributed by atoms with Crippen molar-refractivity contribution in [3.05, 3.63) is 125 Å². The third kappa shape index (κ3) is 5.05. The zero-order chi connectivity index (χ0) is 25.6. The maximum absolute atomic E-state index is 14.6. The quantitative estimate of drug-likeness (QED) is 0.188.